The van der Waals surface area contributed by atoms with E-state index in [1.807, 2.05) is 30.3 Å². The van der Waals surface area contributed by atoms with E-state index in [0.29, 0.717) is 5.75 Å². The van der Waals surface area contributed by atoms with Crippen LogP contribution in [-0.4, -0.2) is 25.4 Å². The molecule has 0 saturated carbocycles. The van der Waals surface area contributed by atoms with E-state index in [1.165, 1.54) is 20.7 Å². The fourth-order valence-corrected chi connectivity index (χ4v) is 8.71. The maximum absolute atomic E-state index is 9.11. The van der Waals surface area contributed by atoms with Gasteiger partial charge in [-0.15, -0.1) is 0 Å². The molecule has 4 aromatic carbocycles. The van der Waals surface area contributed by atoms with Gasteiger partial charge in [-0.05, 0) is 32.9 Å². The second-order valence-electron chi connectivity index (χ2n) is 6.82. The lowest BCUT2D eigenvalue weighted by Crippen LogP contribution is -2.74. The van der Waals surface area contributed by atoms with Gasteiger partial charge in [-0.1, -0.05) is 103 Å². The average molecular weight is 396 g/mol. The Morgan fingerprint density at radius 1 is 0.483 bits per heavy atom. The van der Waals surface area contributed by atoms with Crippen molar-refractivity contribution in [3.05, 3.63) is 115 Å². The fraction of sp³-hybridized carbons (Fsp3) is 0. The van der Waals surface area contributed by atoms with E-state index in [9.17, 15) is 0 Å². The summed E-state index contributed by atoms with van der Waals surface area (Å²) in [5, 5.41) is 23.3. The smallest absolute Gasteiger partial charge is 0.512 e. The number of hydrogen-bond donors (Lipinski definition) is 2. The van der Waals surface area contributed by atoms with E-state index in [4.69, 9.17) is 14.7 Å². The Morgan fingerprint density at radius 2 is 0.828 bits per heavy atom. The second-order valence-corrected chi connectivity index (χ2v) is 10.6. The molecule has 0 spiro atoms. The largest absolute Gasteiger partial charge is 0.707 e. The Morgan fingerprint density at radius 3 is 1.17 bits per heavy atom. The molecule has 0 atom stereocenters. The van der Waals surface area contributed by atoms with E-state index in [-0.39, 0.29) is 0 Å². The molecule has 0 radical (unpaired) electrons. The lowest BCUT2D eigenvalue weighted by molar-refractivity contribution is 0.288. The molecule has 0 aliphatic carbocycles. The minimum atomic E-state index is -2.54. The van der Waals surface area contributed by atoms with Crippen molar-refractivity contribution in [1.29, 1.82) is 0 Å². The van der Waals surface area contributed by atoms with E-state index in [0.717, 1.165) is 0 Å². The van der Waals surface area contributed by atoms with Crippen molar-refractivity contribution in [1.82, 2.24) is 0 Å². The van der Waals surface area contributed by atoms with Crippen LogP contribution in [0.4, 0.5) is 0 Å². The van der Waals surface area contributed by atoms with Crippen LogP contribution in [0.5, 0.6) is 5.75 Å². The SMILES string of the molecule is OB(O)Oc1ccc([Si](c2ccccc2)(c2ccccc2)c2ccccc2)cc1. The van der Waals surface area contributed by atoms with Crippen molar-refractivity contribution < 1.29 is 14.7 Å². The van der Waals surface area contributed by atoms with Gasteiger partial charge in [-0.25, -0.2) is 0 Å². The van der Waals surface area contributed by atoms with Gasteiger partial charge in [0.1, 0.15) is 5.75 Å². The Balaban J connectivity index is 2.00. The molecule has 0 fully saturated rings. The van der Waals surface area contributed by atoms with Crippen LogP contribution < -0.4 is 25.4 Å². The van der Waals surface area contributed by atoms with E-state index in [1.54, 1.807) is 12.1 Å². The molecule has 0 unspecified atom stereocenters. The molecule has 0 saturated heterocycles. The molecular weight excluding hydrogens is 375 g/mol. The van der Waals surface area contributed by atoms with Gasteiger partial charge in [0, 0.05) is 0 Å². The van der Waals surface area contributed by atoms with E-state index in [2.05, 4.69) is 72.8 Å². The van der Waals surface area contributed by atoms with Gasteiger partial charge >= 0.3 is 7.32 Å². The molecular formula is C24H21BO3Si. The van der Waals surface area contributed by atoms with Crippen LogP contribution in [0.25, 0.3) is 0 Å². The summed E-state index contributed by atoms with van der Waals surface area (Å²) in [6.45, 7) is 0. The highest BCUT2D eigenvalue weighted by Gasteiger charge is 2.41. The zero-order chi connectivity index (χ0) is 20.1. The first-order valence-corrected chi connectivity index (χ1v) is 11.5. The van der Waals surface area contributed by atoms with Crippen molar-refractivity contribution in [3.8, 4) is 5.75 Å². The van der Waals surface area contributed by atoms with Crippen LogP contribution in [-0.2, 0) is 0 Å². The molecule has 0 heterocycles. The molecule has 2 N–H and O–H groups in total. The number of benzene rings is 4. The van der Waals surface area contributed by atoms with Gasteiger partial charge < -0.3 is 14.7 Å². The first-order valence-electron chi connectivity index (χ1n) is 9.51. The van der Waals surface area contributed by atoms with Crippen LogP contribution in [0.2, 0.25) is 0 Å². The van der Waals surface area contributed by atoms with E-state index >= 15 is 0 Å². The Hall–Kier alpha value is -3.12. The molecule has 0 aliphatic rings. The summed E-state index contributed by atoms with van der Waals surface area (Å²) in [6.07, 6.45) is 0. The molecule has 4 rings (SSSR count). The minimum Gasteiger partial charge on any atom is -0.512 e. The Labute approximate surface area is 172 Å². The number of hydrogen-bond acceptors (Lipinski definition) is 3. The predicted octanol–water partition coefficient (Wildman–Crippen LogP) is 1.41. The van der Waals surface area contributed by atoms with Gasteiger partial charge in [0.15, 0.2) is 8.07 Å². The lowest BCUT2D eigenvalue weighted by Gasteiger charge is -2.34. The summed E-state index contributed by atoms with van der Waals surface area (Å²) in [6, 6.07) is 39.5. The van der Waals surface area contributed by atoms with Crippen molar-refractivity contribution in [2.24, 2.45) is 0 Å². The topological polar surface area (TPSA) is 49.7 Å². The third kappa shape index (κ3) is 3.76. The maximum atomic E-state index is 9.11. The summed E-state index contributed by atoms with van der Waals surface area (Å²) in [7, 11) is -4.38. The lowest BCUT2D eigenvalue weighted by atomic mass is 10.2. The molecule has 0 amide bonds. The normalized spacial score (nSPS) is 11.1. The summed E-state index contributed by atoms with van der Waals surface area (Å²) in [5.41, 5.74) is 0. The zero-order valence-corrected chi connectivity index (χ0v) is 16.8. The fourth-order valence-electron chi connectivity index (χ4n) is 3.97. The van der Waals surface area contributed by atoms with Gasteiger partial charge in [-0.2, -0.15) is 0 Å². The Kier molecular flexibility index (Phi) is 5.62. The van der Waals surface area contributed by atoms with Crippen molar-refractivity contribution in [2.75, 3.05) is 0 Å². The molecule has 5 heteroatoms. The molecule has 3 nitrogen and oxygen atoms in total. The summed E-state index contributed by atoms with van der Waals surface area (Å²) in [4.78, 5) is 0. The second kappa shape index (κ2) is 8.49. The summed E-state index contributed by atoms with van der Waals surface area (Å²) < 4.78 is 5.03. The molecule has 142 valence electrons. The average Bonchev–Trinajstić information content (AvgIpc) is 2.77. The summed E-state index contributed by atoms with van der Waals surface area (Å²) >= 11 is 0. The molecule has 29 heavy (non-hydrogen) atoms. The van der Waals surface area contributed by atoms with Crippen LogP contribution in [0.15, 0.2) is 115 Å². The van der Waals surface area contributed by atoms with Gasteiger partial charge in [-0.3, -0.25) is 0 Å². The van der Waals surface area contributed by atoms with Gasteiger partial charge in [0.2, 0.25) is 0 Å². The molecule has 4 aromatic rings. The summed E-state index contributed by atoms with van der Waals surface area (Å²) in [5.74, 6) is 0.417. The maximum Gasteiger partial charge on any atom is 0.707 e. The molecule has 0 bridgehead atoms. The van der Waals surface area contributed by atoms with Gasteiger partial charge in [0.25, 0.3) is 0 Å². The first kappa shape index (κ1) is 19.2. The highest BCUT2D eigenvalue weighted by molar-refractivity contribution is 7.19. The minimum absolute atomic E-state index is 0.417. The van der Waals surface area contributed by atoms with Crippen molar-refractivity contribution in [3.63, 3.8) is 0 Å². The van der Waals surface area contributed by atoms with Gasteiger partial charge in [0.05, 0.1) is 0 Å². The highest BCUT2D eigenvalue weighted by Crippen LogP contribution is 2.13. The monoisotopic (exact) mass is 396 g/mol. The standard InChI is InChI=1S/C24H21BO3Si/c26-25(27)28-20-16-18-24(19-17-20)29(21-10-4-1-5-11-21,22-12-6-2-7-13-22)23-14-8-3-9-15-23/h1-19,26-27H. The quantitative estimate of drug-likeness (QED) is 0.383. The van der Waals surface area contributed by atoms with Crippen LogP contribution >= 0.6 is 0 Å². The molecule has 0 aromatic heterocycles. The van der Waals surface area contributed by atoms with Crippen LogP contribution in [0.1, 0.15) is 0 Å². The van der Waals surface area contributed by atoms with Crippen molar-refractivity contribution in [2.45, 2.75) is 0 Å². The van der Waals surface area contributed by atoms with Crippen LogP contribution in [0.3, 0.4) is 0 Å². The first-order chi connectivity index (χ1) is 14.2. The third-order valence-corrected chi connectivity index (χ3v) is 9.95. The van der Waals surface area contributed by atoms with Crippen LogP contribution in [0, 0.1) is 0 Å². The molecule has 0 aliphatic heterocycles. The third-order valence-electron chi connectivity index (χ3n) is 5.15. The predicted molar refractivity (Wildman–Crippen MR) is 121 cm³/mol. The van der Waals surface area contributed by atoms with E-state index < -0.39 is 15.4 Å². The highest BCUT2D eigenvalue weighted by atomic mass is 28.3. The Bertz CT molecular complexity index is 943. The van der Waals surface area contributed by atoms with Crippen molar-refractivity contribution >= 4 is 36.1 Å². The number of rotatable bonds is 6. The zero-order valence-electron chi connectivity index (χ0n) is 15.8.